The Hall–Kier alpha value is -2.82. The van der Waals surface area contributed by atoms with Crippen molar-refractivity contribution in [1.82, 2.24) is 0 Å². The van der Waals surface area contributed by atoms with E-state index < -0.39 is 5.97 Å². The van der Waals surface area contributed by atoms with E-state index in [1.807, 2.05) is 13.0 Å². The van der Waals surface area contributed by atoms with Crippen LogP contribution >= 0.6 is 0 Å². The normalized spacial score (nSPS) is 11.9. The van der Waals surface area contributed by atoms with Gasteiger partial charge in [0.15, 0.2) is 0 Å². The number of hydrogen-bond donors (Lipinski definition) is 2. The molecule has 0 saturated heterocycles. The number of allylic oxidation sites excluding steroid dienone is 1. The van der Waals surface area contributed by atoms with Gasteiger partial charge in [0.05, 0.1) is 5.56 Å². The number of amides is 1. The van der Waals surface area contributed by atoms with Gasteiger partial charge in [-0.25, -0.2) is 4.79 Å². The van der Waals surface area contributed by atoms with Gasteiger partial charge in [-0.3, -0.25) is 4.79 Å². The molecule has 2 N–H and O–H groups in total. The summed E-state index contributed by atoms with van der Waals surface area (Å²) in [4.78, 5) is 23.1. The van der Waals surface area contributed by atoms with Gasteiger partial charge in [-0.2, -0.15) is 0 Å². The van der Waals surface area contributed by atoms with Crippen molar-refractivity contribution in [3.63, 3.8) is 0 Å². The number of carbonyl (C=O) groups excluding carboxylic acids is 1. The van der Waals surface area contributed by atoms with Crippen LogP contribution < -0.4 is 5.32 Å². The zero-order valence-electron chi connectivity index (χ0n) is 15.8. The van der Waals surface area contributed by atoms with Gasteiger partial charge in [-0.15, -0.1) is 0 Å². The highest BCUT2D eigenvalue weighted by atomic mass is 16.4. The Bertz CT molecular complexity index is 801. The van der Waals surface area contributed by atoms with Crippen LogP contribution in [0.1, 0.15) is 73.9 Å². The van der Waals surface area contributed by atoms with E-state index in [9.17, 15) is 9.59 Å². The minimum atomic E-state index is -1.00. The molecule has 0 spiro atoms. The van der Waals surface area contributed by atoms with Gasteiger partial charge in [-0.05, 0) is 54.3 Å². The van der Waals surface area contributed by atoms with Crippen LogP contribution in [0.25, 0.3) is 5.57 Å². The Morgan fingerprint density at radius 3 is 2.15 bits per heavy atom. The summed E-state index contributed by atoms with van der Waals surface area (Å²) < 4.78 is 5.98. The molecule has 0 radical (unpaired) electrons. The zero-order valence-corrected chi connectivity index (χ0v) is 15.8. The molecule has 2 rings (SSSR count). The Morgan fingerprint density at radius 1 is 1.08 bits per heavy atom. The number of hydrogen-bond acceptors (Lipinski definition) is 3. The summed E-state index contributed by atoms with van der Waals surface area (Å²) >= 11 is 0. The Labute approximate surface area is 153 Å². The van der Waals surface area contributed by atoms with E-state index >= 15 is 0 Å². The lowest BCUT2D eigenvalue weighted by Gasteiger charge is -2.07. The SMILES string of the molecule is C/C(=C\C(=O)Nc1ccc(C(=O)O)cc1)c1cc(C(C)C)c(C(C)C)o1. The predicted octanol–water partition coefficient (Wildman–Crippen LogP) is 5.27. The van der Waals surface area contributed by atoms with E-state index in [2.05, 4.69) is 33.0 Å². The Morgan fingerprint density at radius 2 is 1.69 bits per heavy atom. The summed E-state index contributed by atoms with van der Waals surface area (Å²) in [6, 6.07) is 8.02. The fraction of sp³-hybridized carbons (Fsp3) is 0.333. The van der Waals surface area contributed by atoms with Gasteiger partial charge >= 0.3 is 5.97 Å². The van der Waals surface area contributed by atoms with Crippen molar-refractivity contribution in [2.45, 2.75) is 46.5 Å². The summed E-state index contributed by atoms with van der Waals surface area (Å²) in [5, 5.41) is 11.6. The van der Waals surface area contributed by atoms with Crippen molar-refractivity contribution >= 4 is 23.1 Å². The minimum Gasteiger partial charge on any atom is -0.478 e. The van der Waals surface area contributed by atoms with Gasteiger partial charge in [0, 0.05) is 17.7 Å². The van der Waals surface area contributed by atoms with Gasteiger partial charge in [0.25, 0.3) is 0 Å². The molecule has 1 amide bonds. The molecule has 1 heterocycles. The number of carbonyl (C=O) groups is 2. The lowest BCUT2D eigenvalue weighted by Crippen LogP contribution is -2.08. The Balaban J connectivity index is 2.17. The maximum absolute atomic E-state index is 12.2. The summed E-state index contributed by atoms with van der Waals surface area (Å²) in [5.74, 6) is 0.966. The van der Waals surface area contributed by atoms with Crippen molar-refractivity contribution in [2.75, 3.05) is 5.32 Å². The van der Waals surface area contributed by atoms with Crippen molar-refractivity contribution in [3.8, 4) is 0 Å². The van der Waals surface area contributed by atoms with Crippen molar-refractivity contribution in [1.29, 1.82) is 0 Å². The maximum atomic E-state index is 12.2. The van der Waals surface area contributed by atoms with Gasteiger partial charge < -0.3 is 14.8 Å². The van der Waals surface area contributed by atoms with Crippen LogP contribution in [0, 0.1) is 0 Å². The number of aromatic carboxylic acids is 1. The first-order chi connectivity index (χ1) is 12.2. The summed E-state index contributed by atoms with van der Waals surface area (Å²) in [6.07, 6.45) is 1.48. The molecule has 0 saturated carbocycles. The van der Waals surface area contributed by atoms with E-state index in [0.717, 1.165) is 16.9 Å². The van der Waals surface area contributed by atoms with E-state index in [-0.39, 0.29) is 17.4 Å². The molecule has 5 nitrogen and oxygen atoms in total. The quantitative estimate of drug-likeness (QED) is 0.692. The third-order valence-electron chi connectivity index (χ3n) is 4.07. The fourth-order valence-corrected chi connectivity index (χ4v) is 2.66. The molecule has 0 fully saturated rings. The molecule has 0 unspecified atom stereocenters. The van der Waals surface area contributed by atoms with E-state index in [1.165, 1.54) is 18.2 Å². The third-order valence-corrected chi connectivity index (χ3v) is 4.07. The molecule has 0 atom stereocenters. The second-order valence-electron chi connectivity index (χ2n) is 6.94. The lowest BCUT2D eigenvalue weighted by molar-refractivity contribution is -0.111. The molecule has 0 bridgehead atoms. The highest BCUT2D eigenvalue weighted by Gasteiger charge is 2.17. The maximum Gasteiger partial charge on any atom is 0.335 e. The first-order valence-corrected chi connectivity index (χ1v) is 8.65. The topological polar surface area (TPSA) is 79.5 Å². The van der Waals surface area contributed by atoms with Crippen molar-refractivity contribution in [2.24, 2.45) is 0 Å². The number of carboxylic acid groups (broad SMARTS) is 1. The monoisotopic (exact) mass is 355 g/mol. The standard InChI is InChI=1S/C21H25NO4/c1-12(2)17-11-18(26-20(17)13(3)4)14(5)10-19(23)22-16-8-6-15(7-9-16)21(24)25/h6-13H,1-5H3,(H,22,23)(H,24,25)/b14-10+. The first kappa shape index (κ1) is 19.5. The van der Waals surface area contributed by atoms with Gasteiger partial charge in [0.1, 0.15) is 11.5 Å². The van der Waals surface area contributed by atoms with Crippen LogP contribution in [0.5, 0.6) is 0 Å². The molecule has 26 heavy (non-hydrogen) atoms. The van der Waals surface area contributed by atoms with Gasteiger partial charge in [-0.1, -0.05) is 27.7 Å². The molecule has 0 aliphatic rings. The molecule has 1 aromatic heterocycles. The van der Waals surface area contributed by atoms with E-state index in [1.54, 1.807) is 12.1 Å². The number of benzene rings is 1. The third kappa shape index (κ3) is 4.63. The molecule has 0 aliphatic heterocycles. The summed E-state index contributed by atoms with van der Waals surface area (Å²) in [7, 11) is 0. The van der Waals surface area contributed by atoms with Crippen LogP contribution in [0.3, 0.4) is 0 Å². The number of carboxylic acids is 1. The highest BCUT2D eigenvalue weighted by Crippen LogP contribution is 2.32. The van der Waals surface area contributed by atoms with Crippen LogP contribution in [0.2, 0.25) is 0 Å². The summed E-state index contributed by atoms with van der Waals surface area (Å²) in [6.45, 7) is 10.2. The number of furan rings is 1. The second kappa shape index (κ2) is 8.04. The number of rotatable bonds is 6. The molecule has 0 aliphatic carbocycles. The molecular weight excluding hydrogens is 330 g/mol. The zero-order chi connectivity index (χ0) is 19.4. The lowest BCUT2D eigenvalue weighted by atomic mass is 9.98. The predicted molar refractivity (Wildman–Crippen MR) is 103 cm³/mol. The van der Waals surface area contributed by atoms with Crippen molar-refractivity contribution < 1.29 is 19.1 Å². The van der Waals surface area contributed by atoms with Crippen LogP contribution in [0.15, 0.2) is 40.8 Å². The van der Waals surface area contributed by atoms with Crippen molar-refractivity contribution in [3.05, 3.63) is 59.1 Å². The highest BCUT2D eigenvalue weighted by molar-refractivity contribution is 6.03. The molecular formula is C21H25NO4. The van der Waals surface area contributed by atoms with Gasteiger partial charge in [0.2, 0.25) is 5.91 Å². The number of anilines is 1. The molecule has 1 aromatic carbocycles. The number of nitrogens with one attached hydrogen (secondary N) is 1. The fourth-order valence-electron chi connectivity index (χ4n) is 2.66. The smallest absolute Gasteiger partial charge is 0.335 e. The van der Waals surface area contributed by atoms with E-state index in [0.29, 0.717) is 17.4 Å². The average Bonchev–Trinajstić information content (AvgIpc) is 3.01. The minimum absolute atomic E-state index is 0.174. The van der Waals surface area contributed by atoms with Crippen LogP contribution in [-0.4, -0.2) is 17.0 Å². The second-order valence-corrected chi connectivity index (χ2v) is 6.94. The molecule has 2 aromatic rings. The molecule has 138 valence electrons. The summed E-state index contributed by atoms with van der Waals surface area (Å²) in [5.41, 5.74) is 2.60. The first-order valence-electron chi connectivity index (χ1n) is 8.65. The van der Waals surface area contributed by atoms with Crippen LogP contribution in [0.4, 0.5) is 5.69 Å². The Kier molecular flexibility index (Phi) is 6.03. The average molecular weight is 355 g/mol. The largest absolute Gasteiger partial charge is 0.478 e. The molecule has 5 heteroatoms. The van der Waals surface area contributed by atoms with E-state index in [4.69, 9.17) is 9.52 Å². The van der Waals surface area contributed by atoms with Crippen LogP contribution in [-0.2, 0) is 4.79 Å².